The number of aryl methyl sites for hydroxylation is 1. The van der Waals surface area contributed by atoms with Crippen LogP contribution >= 0.6 is 0 Å². The molecule has 0 bridgehead atoms. The number of carbonyl (C=O) groups is 3. The minimum atomic E-state index is -0.259. The van der Waals surface area contributed by atoms with E-state index in [-0.39, 0.29) is 24.3 Å². The first kappa shape index (κ1) is 21.2. The van der Waals surface area contributed by atoms with Crippen LogP contribution in [0.5, 0.6) is 0 Å². The maximum absolute atomic E-state index is 12.6. The molecule has 2 aliphatic rings. The Kier molecular flexibility index (Phi) is 6.46. The molecule has 164 valence electrons. The number of imide groups is 1. The lowest BCUT2D eigenvalue weighted by Crippen LogP contribution is -2.49. The average Bonchev–Trinajstić information content (AvgIpc) is 3.36. The number of rotatable bonds is 8. The molecule has 0 N–H and O–H groups in total. The van der Waals surface area contributed by atoms with Crippen LogP contribution in [0.15, 0.2) is 36.7 Å². The predicted octanol–water partition coefficient (Wildman–Crippen LogP) is 1.67. The first-order valence-corrected chi connectivity index (χ1v) is 11.0. The molecular weight excluding hydrogens is 394 g/mol. The number of amides is 3. The molecule has 0 radical (unpaired) electrons. The average molecular weight is 424 g/mol. The van der Waals surface area contributed by atoms with Gasteiger partial charge in [0.05, 0.1) is 11.1 Å². The summed E-state index contributed by atoms with van der Waals surface area (Å²) < 4.78 is 2.19. The van der Waals surface area contributed by atoms with E-state index in [2.05, 4.69) is 21.4 Å². The van der Waals surface area contributed by atoms with E-state index in [1.807, 2.05) is 17.3 Å². The number of fused-ring (bicyclic) bond motifs is 1. The van der Waals surface area contributed by atoms with Gasteiger partial charge in [-0.15, -0.1) is 0 Å². The summed E-state index contributed by atoms with van der Waals surface area (Å²) in [6.07, 6.45) is 5.63. The third kappa shape index (κ3) is 4.54. The summed E-state index contributed by atoms with van der Waals surface area (Å²) in [7, 11) is 0. The monoisotopic (exact) mass is 423 g/mol. The molecule has 1 fully saturated rings. The van der Waals surface area contributed by atoms with E-state index in [1.54, 1.807) is 24.3 Å². The van der Waals surface area contributed by atoms with E-state index in [1.165, 1.54) is 4.90 Å². The normalized spacial score (nSPS) is 16.8. The molecule has 3 amide bonds. The van der Waals surface area contributed by atoms with Gasteiger partial charge in [0.1, 0.15) is 5.82 Å². The number of piperazine rings is 1. The lowest BCUT2D eigenvalue weighted by atomic mass is 10.1. The van der Waals surface area contributed by atoms with Crippen molar-refractivity contribution in [2.24, 2.45) is 0 Å². The SMILES string of the molecule is CCc1nccn1CCN1CCN(C(=O)CCCN2C(=O)c3ccccc3C2=O)CC1. The highest BCUT2D eigenvalue weighted by Gasteiger charge is 2.34. The Morgan fingerprint density at radius 3 is 2.29 bits per heavy atom. The number of carbonyl (C=O) groups excluding carboxylic acids is 3. The highest BCUT2D eigenvalue weighted by molar-refractivity contribution is 6.21. The van der Waals surface area contributed by atoms with Crippen molar-refractivity contribution in [1.29, 1.82) is 0 Å². The van der Waals surface area contributed by atoms with Crippen LogP contribution < -0.4 is 0 Å². The summed E-state index contributed by atoms with van der Waals surface area (Å²) in [6.45, 7) is 7.41. The van der Waals surface area contributed by atoms with Crippen LogP contribution in [0.1, 0.15) is 46.3 Å². The Balaban J connectivity index is 1.18. The van der Waals surface area contributed by atoms with E-state index >= 15 is 0 Å². The van der Waals surface area contributed by atoms with Crippen LogP contribution in [0.4, 0.5) is 0 Å². The number of nitrogens with zero attached hydrogens (tertiary/aromatic N) is 5. The Bertz CT molecular complexity index is 927. The van der Waals surface area contributed by atoms with Gasteiger partial charge in [0.25, 0.3) is 11.8 Å². The largest absolute Gasteiger partial charge is 0.340 e. The van der Waals surface area contributed by atoms with Gasteiger partial charge in [-0.25, -0.2) is 4.98 Å². The quantitative estimate of drug-likeness (QED) is 0.604. The van der Waals surface area contributed by atoms with Crippen molar-refractivity contribution in [3.63, 3.8) is 0 Å². The molecule has 2 aromatic rings. The standard InChI is InChI=1S/C23H29N5O3/c1-2-20-24-9-11-26(20)15-12-25-13-16-27(17-14-25)21(29)8-5-10-28-22(30)18-6-3-4-7-19(18)23(28)31/h3-4,6-7,9,11H,2,5,8,10,12-17H2,1H3. The second-order valence-electron chi connectivity index (χ2n) is 8.02. The molecule has 31 heavy (non-hydrogen) atoms. The van der Waals surface area contributed by atoms with Gasteiger partial charge in [0, 0.05) is 71.0 Å². The molecule has 1 saturated heterocycles. The van der Waals surface area contributed by atoms with Crippen LogP contribution in [-0.2, 0) is 17.8 Å². The van der Waals surface area contributed by atoms with Gasteiger partial charge in [-0.05, 0) is 18.6 Å². The van der Waals surface area contributed by atoms with E-state index in [4.69, 9.17) is 0 Å². The number of hydrogen-bond acceptors (Lipinski definition) is 5. The van der Waals surface area contributed by atoms with Gasteiger partial charge in [-0.1, -0.05) is 19.1 Å². The van der Waals surface area contributed by atoms with Crippen molar-refractivity contribution < 1.29 is 14.4 Å². The minimum absolute atomic E-state index is 0.0964. The molecule has 0 atom stereocenters. The molecule has 4 rings (SSSR count). The molecule has 3 heterocycles. The molecular formula is C23H29N5O3. The van der Waals surface area contributed by atoms with E-state index < -0.39 is 0 Å². The van der Waals surface area contributed by atoms with E-state index in [0.29, 0.717) is 24.0 Å². The minimum Gasteiger partial charge on any atom is -0.340 e. The van der Waals surface area contributed by atoms with Crippen LogP contribution in [-0.4, -0.2) is 81.2 Å². The lowest BCUT2D eigenvalue weighted by molar-refractivity contribution is -0.133. The highest BCUT2D eigenvalue weighted by Crippen LogP contribution is 2.22. The molecule has 0 spiro atoms. The maximum Gasteiger partial charge on any atom is 0.261 e. The second kappa shape index (κ2) is 9.43. The van der Waals surface area contributed by atoms with Crippen LogP contribution in [0.25, 0.3) is 0 Å². The summed E-state index contributed by atoms with van der Waals surface area (Å²) in [5.74, 6) is 0.683. The summed E-state index contributed by atoms with van der Waals surface area (Å²) in [5, 5.41) is 0. The summed E-state index contributed by atoms with van der Waals surface area (Å²) >= 11 is 0. The summed E-state index contributed by atoms with van der Waals surface area (Å²) in [5.41, 5.74) is 0.911. The van der Waals surface area contributed by atoms with Crippen LogP contribution in [0.2, 0.25) is 0 Å². The fraction of sp³-hybridized carbons (Fsp3) is 0.478. The maximum atomic E-state index is 12.6. The van der Waals surface area contributed by atoms with Crippen LogP contribution in [0, 0.1) is 0 Å². The summed E-state index contributed by atoms with van der Waals surface area (Å²) in [6, 6.07) is 6.87. The highest BCUT2D eigenvalue weighted by atomic mass is 16.2. The van der Waals surface area contributed by atoms with Gasteiger partial charge < -0.3 is 9.47 Å². The summed E-state index contributed by atoms with van der Waals surface area (Å²) in [4.78, 5) is 47.3. The predicted molar refractivity (Wildman–Crippen MR) is 116 cm³/mol. The fourth-order valence-electron chi connectivity index (χ4n) is 4.32. The van der Waals surface area contributed by atoms with Crippen molar-refractivity contribution in [1.82, 2.24) is 24.3 Å². The van der Waals surface area contributed by atoms with Gasteiger partial charge in [-0.3, -0.25) is 24.2 Å². The molecule has 0 unspecified atom stereocenters. The van der Waals surface area contributed by atoms with E-state index in [9.17, 15) is 14.4 Å². The second-order valence-corrected chi connectivity index (χ2v) is 8.02. The lowest BCUT2D eigenvalue weighted by Gasteiger charge is -2.35. The van der Waals surface area contributed by atoms with Crippen molar-refractivity contribution in [3.05, 3.63) is 53.6 Å². The van der Waals surface area contributed by atoms with Crippen molar-refractivity contribution >= 4 is 17.7 Å². The fourth-order valence-corrected chi connectivity index (χ4v) is 4.32. The topological polar surface area (TPSA) is 78.8 Å². The van der Waals surface area contributed by atoms with Gasteiger partial charge in [-0.2, -0.15) is 0 Å². The first-order chi connectivity index (χ1) is 15.1. The molecule has 1 aromatic heterocycles. The Morgan fingerprint density at radius 1 is 0.968 bits per heavy atom. The Hall–Kier alpha value is -3.00. The smallest absolute Gasteiger partial charge is 0.261 e. The van der Waals surface area contributed by atoms with Gasteiger partial charge in [0.15, 0.2) is 0 Å². The molecule has 0 aliphatic carbocycles. The molecule has 2 aliphatic heterocycles. The molecule has 1 aromatic carbocycles. The Morgan fingerprint density at radius 2 is 1.65 bits per heavy atom. The zero-order valence-corrected chi connectivity index (χ0v) is 18.0. The number of benzene rings is 1. The zero-order valence-electron chi connectivity index (χ0n) is 18.0. The number of aromatic nitrogens is 2. The van der Waals surface area contributed by atoms with Crippen molar-refractivity contribution in [2.45, 2.75) is 32.7 Å². The van der Waals surface area contributed by atoms with Gasteiger partial charge >= 0.3 is 0 Å². The van der Waals surface area contributed by atoms with Crippen LogP contribution in [0.3, 0.4) is 0 Å². The first-order valence-electron chi connectivity index (χ1n) is 11.0. The van der Waals surface area contributed by atoms with Crippen molar-refractivity contribution in [3.8, 4) is 0 Å². The third-order valence-corrected chi connectivity index (χ3v) is 6.15. The van der Waals surface area contributed by atoms with Crippen molar-refractivity contribution in [2.75, 3.05) is 39.3 Å². The third-order valence-electron chi connectivity index (χ3n) is 6.15. The Labute approximate surface area is 182 Å². The van der Waals surface area contributed by atoms with E-state index in [0.717, 1.165) is 51.5 Å². The number of imidazole rings is 1. The van der Waals surface area contributed by atoms with Gasteiger partial charge in [0.2, 0.25) is 5.91 Å². The molecule has 8 heteroatoms. The molecule has 0 saturated carbocycles. The number of hydrogen-bond donors (Lipinski definition) is 0. The molecule has 8 nitrogen and oxygen atoms in total. The zero-order chi connectivity index (χ0) is 21.8.